The minimum Gasteiger partial charge on any atom is -0.461 e. The monoisotopic (exact) mass is 364 g/mol. The number of carbonyl (C=O) groups excluding carboxylic acids is 1. The summed E-state index contributed by atoms with van der Waals surface area (Å²) in [6, 6.07) is 7.51. The lowest BCUT2D eigenvalue weighted by Crippen LogP contribution is -2.45. The lowest BCUT2D eigenvalue weighted by atomic mass is 10.0. The van der Waals surface area contributed by atoms with Gasteiger partial charge in [-0.25, -0.2) is 8.42 Å². The highest BCUT2D eigenvalue weighted by Crippen LogP contribution is 2.20. The SMILES string of the molecule is Cc1cc2cc(C(=O)NC3CCN(CCS(C)(=O)=O)CC3)ccc2o1. The number of benzene rings is 1. The first kappa shape index (κ1) is 17.9. The molecule has 0 saturated carbocycles. The summed E-state index contributed by atoms with van der Waals surface area (Å²) in [6.07, 6.45) is 2.93. The maximum Gasteiger partial charge on any atom is 0.251 e. The van der Waals surface area contributed by atoms with Crippen LogP contribution in [0.1, 0.15) is 29.0 Å². The van der Waals surface area contributed by atoms with Gasteiger partial charge in [-0.05, 0) is 44.0 Å². The summed E-state index contributed by atoms with van der Waals surface area (Å²) in [5, 5.41) is 4.02. The first-order chi connectivity index (χ1) is 11.8. The lowest BCUT2D eigenvalue weighted by molar-refractivity contribution is 0.0913. The highest BCUT2D eigenvalue weighted by atomic mass is 32.2. The summed E-state index contributed by atoms with van der Waals surface area (Å²) < 4.78 is 28.0. The largest absolute Gasteiger partial charge is 0.461 e. The number of hydrogen-bond acceptors (Lipinski definition) is 5. The molecule has 6 nitrogen and oxygen atoms in total. The van der Waals surface area contributed by atoms with Crippen molar-refractivity contribution in [3.05, 3.63) is 35.6 Å². The van der Waals surface area contributed by atoms with Crippen LogP contribution >= 0.6 is 0 Å². The molecule has 1 aliphatic heterocycles. The van der Waals surface area contributed by atoms with E-state index in [0.29, 0.717) is 12.1 Å². The second-order valence-electron chi connectivity index (χ2n) is 6.83. The third kappa shape index (κ3) is 4.83. The molecule has 1 fully saturated rings. The maximum atomic E-state index is 12.5. The van der Waals surface area contributed by atoms with Crippen molar-refractivity contribution in [1.82, 2.24) is 10.2 Å². The molecule has 1 amide bonds. The number of nitrogens with one attached hydrogen (secondary N) is 1. The summed E-state index contributed by atoms with van der Waals surface area (Å²) in [5.41, 5.74) is 1.42. The second-order valence-corrected chi connectivity index (χ2v) is 9.09. The molecule has 2 heterocycles. The van der Waals surface area contributed by atoms with E-state index in [2.05, 4.69) is 10.2 Å². The number of rotatable bonds is 5. The van der Waals surface area contributed by atoms with Crippen molar-refractivity contribution >= 4 is 26.7 Å². The van der Waals surface area contributed by atoms with Crippen LogP contribution in [-0.4, -0.2) is 56.9 Å². The highest BCUT2D eigenvalue weighted by molar-refractivity contribution is 7.90. The van der Waals surface area contributed by atoms with Crippen molar-refractivity contribution in [1.29, 1.82) is 0 Å². The Balaban J connectivity index is 1.53. The summed E-state index contributed by atoms with van der Waals surface area (Å²) in [4.78, 5) is 14.6. The van der Waals surface area contributed by atoms with E-state index in [9.17, 15) is 13.2 Å². The van der Waals surface area contributed by atoms with Crippen LogP contribution in [-0.2, 0) is 9.84 Å². The van der Waals surface area contributed by atoms with Crippen LogP contribution in [0, 0.1) is 6.92 Å². The van der Waals surface area contributed by atoms with Crippen molar-refractivity contribution in [2.24, 2.45) is 0 Å². The molecule has 25 heavy (non-hydrogen) atoms. The molecule has 1 aromatic heterocycles. The average molecular weight is 364 g/mol. The summed E-state index contributed by atoms with van der Waals surface area (Å²) >= 11 is 0. The topological polar surface area (TPSA) is 79.6 Å². The van der Waals surface area contributed by atoms with Gasteiger partial charge in [0.15, 0.2) is 0 Å². The van der Waals surface area contributed by atoms with Gasteiger partial charge in [0.25, 0.3) is 5.91 Å². The standard InChI is InChI=1S/C18H24N2O4S/c1-13-11-15-12-14(3-4-17(15)24-13)18(21)19-16-5-7-20(8-6-16)9-10-25(2,22)23/h3-4,11-12,16H,5-10H2,1-2H3,(H,19,21). The van der Waals surface area contributed by atoms with Crippen LogP contribution in [0.25, 0.3) is 11.0 Å². The predicted molar refractivity (Wildman–Crippen MR) is 97.6 cm³/mol. The normalized spacial score (nSPS) is 17.0. The van der Waals surface area contributed by atoms with E-state index in [1.807, 2.05) is 25.1 Å². The van der Waals surface area contributed by atoms with Gasteiger partial charge in [-0.3, -0.25) is 4.79 Å². The zero-order chi connectivity index (χ0) is 18.0. The molecule has 1 N–H and O–H groups in total. The van der Waals surface area contributed by atoms with Crippen LogP contribution in [0.2, 0.25) is 0 Å². The number of piperidine rings is 1. The number of carbonyl (C=O) groups is 1. The van der Waals surface area contributed by atoms with E-state index in [-0.39, 0.29) is 17.7 Å². The minimum atomic E-state index is -2.93. The van der Waals surface area contributed by atoms with Crippen LogP contribution in [0.3, 0.4) is 0 Å². The first-order valence-corrected chi connectivity index (χ1v) is 10.6. The molecule has 0 spiro atoms. The summed E-state index contributed by atoms with van der Waals surface area (Å²) in [6.45, 7) is 4.06. The van der Waals surface area contributed by atoms with E-state index >= 15 is 0 Å². The predicted octanol–water partition coefficient (Wildman–Crippen LogP) is 1.98. The van der Waals surface area contributed by atoms with Crippen molar-refractivity contribution in [2.75, 3.05) is 31.6 Å². The van der Waals surface area contributed by atoms with Crippen LogP contribution < -0.4 is 5.32 Å². The van der Waals surface area contributed by atoms with E-state index in [4.69, 9.17) is 4.42 Å². The van der Waals surface area contributed by atoms with Crippen LogP contribution in [0.5, 0.6) is 0 Å². The zero-order valence-corrected chi connectivity index (χ0v) is 15.4. The molecule has 1 saturated heterocycles. The highest BCUT2D eigenvalue weighted by Gasteiger charge is 2.22. The zero-order valence-electron chi connectivity index (χ0n) is 14.6. The molecular weight excluding hydrogens is 340 g/mol. The number of nitrogens with zero attached hydrogens (tertiary/aromatic N) is 1. The molecule has 0 atom stereocenters. The van der Waals surface area contributed by atoms with Crippen molar-refractivity contribution in [3.63, 3.8) is 0 Å². The molecule has 0 aliphatic carbocycles. The first-order valence-electron chi connectivity index (χ1n) is 8.51. The Morgan fingerprint density at radius 2 is 2.00 bits per heavy atom. The Morgan fingerprint density at radius 1 is 1.28 bits per heavy atom. The van der Waals surface area contributed by atoms with Gasteiger partial charge in [-0.1, -0.05) is 0 Å². The van der Waals surface area contributed by atoms with E-state index < -0.39 is 9.84 Å². The molecule has 7 heteroatoms. The van der Waals surface area contributed by atoms with Gasteiger partial charge in [0.2, 0.25) is 0 Å². The van der Waals surface area contributed by atoms with E-state index in [1.165, 1.54) is 6.26 Å². The molecule has 1 aromatic carbocycles. The van der Waals surface area contributed by atoms with Crippen LogP contribution in [0.4, 0.5) is 0 Å². The Labute approximate surface area is 148 Å². The molecular formula is C18H24N2O4S. The van der Waals surface area contributed by atoms with Gasteiger partial charge >= 0.3 is 0 Å². The van der Waals surface area contributed by atoms with Gasteiger partial charge in [-0.15, -0.1) is 0 Å². The molecule has 136 valence electrons. The number of hydrogen-bond donors (Lipinski definition) is 1. The Bertz CT molecular complexity index is 864. The van der Waals surface area contributed by atoms with E-state index in [0.717, 1.165) is 42.7 Å². The number of furan rings is 1. The number of aryl methyl sites for hydroxylation is 1. The van der Waals surface area contributed by atoms with Gasteiger partial charge in [0.05, 0.1) is 5.75 Å². The van der Waals surface area contributed by atoms with Gasteiger partial charge in [0.1, 0.15) is 21.2 Å². The summed E-state index contributed by atoms with van der Waals surface area (Å²) in [7, 11) is -2.93. The smallest absolute Gasteiger partial charge is 0.251 e. The number of likely N-dealkylation sites (tertiary alicyclic amines) is 1. The molecule has 0 bridgehead atoms. The Morgan fingerprint density at radius 3 is 2.68 bits per heavy atom. The summed E-state index contributed by atoms with van der Waals surface area (Å²) in [5.74, 6) is 0.943. The molecule has 2 aromatic rings. The Hall–Kier alpha value is -1.86. The van der Waals surface area contributed by atoms with Crippen LogP contribution in [0.15, 0.2) is 28.7 Å². The van der Waals surface area contributed by atoms with E-state index in [1.54, 1.807) is 6.07 Å². The van der Waals surface area contributed by atoms with Gasteiger partial charge in [-0.2, -0.15) is 0 Å². The second kappa shape index (κ2) is 7.17. The number of amides is 1. The third-order valence-corrected chi connectivity index (χ3v) is 5.53. The van der Waals surface area contributed by atoms with Gasteiger partial charge < -0.3 is 14.6 Å². The quantitative estimate of drug-likeness (QED) is 0.878. The molecule has 0 unspecified atom stereocenters. The maximum absolute atomic E-state index is 12.5. The number of sulfone groups is 1. The number of fused-ring (bicyclic) bond motifs is 1. The van der Waals surface area contributed by atoms with Crippen molar-refractivity contribution in [3.8, 4) is 0 Å². The fraction of sp³-hybridized carbons (Fsp3) is 0.500. The fourth-order valence-electron chi connectivity index (χ4n) is 3.18. The average Bonchev–Trinajstić information content (AvgIpc) is 2.92. The Kier molecular flexibility index (Phi) is 5.15. The molecule has 0 radical (unpaired) electrons. The van der Waals surface area contributed by atoms with Gasteiger partial charge in [0, 0.05) is 42.9 Å². The van der Waals surface area contributed by atoms with Crippen molar-refractivity contribution in [2.45, 2.75) is 25.8 Å². The molecule has 3 rings (SSSR count). The van der Waals surface area contributed by atoms with Crippen molar-refractivity contribution < 1.29 is 17.6 Å². The molecule has 1 aliphatic rings. The minimum absolute atomic E-state index is 0.0738. The fourth-order valence-corrected chi connectivity index (χ4v) is 3.77. The third-order valence-electron chi connectivity index (χ3n) is 4.60. The lowest BCUT2D eigenvalue weighted by Gasteiger charge is -2.32.